The molecule has 0 aromatic heterocycles. The van der Waals surface area contributed by atoms with Crippen molar-refractivity contribution in [2.45, 2.75) is 31.8 Å². The Morgan fingerprint density at radius 3 is 2.60 bits per heavy atom. The average Bonchev–Trinajstić information content (AvgIpc) is 2.62. The van der Waals surface area contributed by atoms with Crippen molar-refractivity contribution in [3.63, 3.8) is 0 Å². The third-order valence-electron chi connectivity index (χ3n) is 2.45. The molecule has 0 saturated carbocycles. The van der Waals surface area contributed by atoms with Crippen molar-refractivity contribution in [2.75, 3.05) is 20.6 Å². The van der Waals surface area contributed by atoms with Gasteiger partial charge in [0.25, 0.3) is 0 Å². The van der Waals surface area contributed by atoms with Gasteiger partial charge in [-0.15, -0.1) is 0 Å². The van der Waals surface area contributed by atoms with Crippen LogP contribution in [0.1, 0.15) is 19.8 Å². The smallest absolute Gasteiger partial charge is 0.0235 e. The standard InChI is InChI=1S/C8H18N2/c1-4-7(9-2)5-8-6-10(8)3/h7-9H,4-6H2,1-3H3. The van der Waals surface area contributed by atoms with Gasteiger partial charge in [0.05, 0.1) is 0 Å². The molecule has 2 heteroatoms. The lowest BCUT2D eigenvalue weighted by atomic mass is 10.1. The summed E-state index contributed by atoms with van der Waals surface area (Å²) in [5, 5.41) is 3.32. The Morgan fingerprint density at radius 1 is 1.70 bits per heavy atom. The van der Waals surface area contributed by atoms with Crippen LogP contribution >= 0.6 is 0 Å². The Bertz CT molecular complexity index is 99.4. The highest BCUT2D eigenvalue weighted by Crippen LogP contribution is 2.19. The molecule has 60 valence electrons. The molecule has 0 amide bonds. The maximum atomic E-state index is 3.32. The van der Waals surface area contributed by atoms with E-state index in [2.05, 4.69) is 31.2 Å². The van der Waals surface area contributed by atoms with E-state index in [1.165, 1.54) is 19.4 Å². The minimum absolute atomic E-state index is 0.731. The van der Waals surface area contributed by atoms with Crippen LogP contribution in [0.3, 0.4) is 0 Å². The zero-order valence-corrected chi connectivity index (χ0v) is 7.22. The van der Waals surface area contributed by atoms with Gasteiger partial charge in [-0.1, -0.05) is 6.92 Å². The van der Waals surface area contributed by atoms with Gasteiger partial charge in [0, 0.05) is 18.6 Å². The summed E-state index contributed by atoms with van der Waals surface area (Å²) in [6, 6.07) is 1.60. The van der Waals surface area contributed by atoms with Crippen LogP contribution in [0.2, 0.25) is 0 Å². The summed E-state index contributed by atoms with van der Waals surface area (Å²) in [6.45, 7) is 3.54. The Kier molecular flexibility index (Phi) is 2.69. The molecule has 1 saturated heterocycles. The van der Waals surface area contributed by atoms with Gasteiger partial charge in [0.1, 0.15) is 0 Å². The van der Waals surface area contributed by atoms with Crippen molar-refractivity contribution in [1.82, 2.24) is 10.2 Å². The van der Waals surface area contributed by atoms with Crippen LogP contribution in [0.5, 0.6) is 0 Å². The Morgan fingerprint density at radius 2 is 2.30 bits per heavy atom. The van der Waals surface area contributed by atoms with Crippen molar-refractivity contribution < 1.29 is 0 Å². The second kappa shape index (κ2) is 3.35. The van der Waals surface area contributed by atoms with Crippen LogP contribution in [0.4, 0.5) is 0 Å². The molecule has 1 heterocycles. The number of likely N-dealkylation sites (N-methyl/N-ethyl adjacent to an activating group) is 1. The summed E-state index contributed by atoms with van der Waals surface area (Å²) >= 11 is 0. The Labute approximate surface area is 63.6 Å². The first-order valence-corrected chi connectivity index (χ1v) is 4.15. The van der Waals surface area contributed by atoms with E-state index in [-0.39, 0.29) is 0 Å². The molecular weight excluding hydrogens is 124 g/mol. The molecular formula is C8H18N2. The quantitative estimate of drug-likeness (QED) is 0.581. The lowest BCUT2D eigenvalue weighted by molar-refractivity contribution is 0.466. The van der Waals surface area contributed by atoms with Crippen LogP contribution < -0.4 is 5.32 Å². The molecule has 1 N–H and O–H groups in total. The molecule has 3 unspecified atom stereocenters. The van der Waals surface area contributed by atoms with Gasteiger partial charge in [-0.25, -0.2) is 0 Å². The SMILES string of the molecule is CCC(CC1CN1C)NC. The van der Waals surface area contributed by atoms with Crippen LogP contribution in [-0.2, 0) is 0 Å². The molecule has 0 radical (unpaired) electrons. The fourth-order valence-electron chi connectivity index (χ4n) is 1.36. The van der Waals surface area contributed by atoms with E-state index in [0.717, 1.165) is 12.1 Å². The van der Waals surface area contributed by atoms with E-state index in [1.54, 1.807) is 0 Å². The number of hydrogen-bond acceptors (Lipinski definition) is 2. The molecule has 0 aliphatic carbocycles. The van der Waals surface area contributed by atoms with Crippen molar-refractivity contribution in [2.24, 2.45) is 0 Å². The minimum atomic E-state index is 0.731. The van der Waals surface area contributed by atoms with Crippen molar-refractivity contribution in [1.29, 1.82) is 0 Å². The van der Waals surface area contributed by atoms with Gasteiger partial charge in [-0.3, -0.25) is 0 Å². The molecule has 0 aromatic carbocycles. The molecule has 10 heavy (non-hydrogen) atoms. The van der Waals surface area contributed by atoms with Gasteiger partial charge in [-0.2, -0.15) is 0 Å². The van der Waals surface area contributed by atoms with E-state index in [1.807, 2.05) is 0 Å². The maximum Gasteiger partial charge on any atom is 0.0235 e. The van der Waals surface area contributed by atoms with Crippen LogP contribution in [0.25, 0.3) is 0 Å². The van der Waals surface area contributed by atoms with E-state index in [9.17, 15) is 0 Å². The molecule has 3 atom stereocenters. The van der Waals surface area contributed by atoms with Crippen LogP contribution in [-0.4, -0.2) is 37.6 Å². The summed E-state index contributed by atoms with van der Waals surface area (Å²) < 4.78 is 0. The van der Waals surface area contributed by atoms with Gasteiger partial charge in [0.15, 0.2) is 0 Å². The van der Waals surface area contributed by atoms with Crippen LogP contribution in [0, 0.1) is 0 Å². The number of rotatable bonds is 4. The van der Waals surface area contributed by atoms with E-state index in [0.29, 0.717) is 0 Å². The first-order valence-electron chi connectivity index (χ1n) is 4.15. The van der Waals surface area contributed by atoms with Crippen molar-refractivity contribution >= 4 is 0 Å². The topological polar surface area (TPSA) is 15.0 Å². The first-order chi connectivity index (χ1) is 4.77. The fraction of sp³-hybridized carbons (Fsp3) is 1.00. The van der Waals surface area contributed by atoms with Gasteiger partial charge in [-0.05, 0) is 26.9 Å². The fourth-order valence-corrected chi connectivity index (χ4v) is 1.36. The largest absolute Gasteiger partial charge is 0.317 e. The number of nitrogens with one attached hydrogen (secondary N) is 1. The Balaban J connectivity index is 2.10. The molecule has 1 aliphatic rings. The summed E-state index contributed by atoms with van der Waals surface area (Å²) in [5.41, 5.74) is 0. The molecule has 0 bridgehead atoms. The molecule has 0 aromatic rings. The number of nitrogens with zero attached hydrogens (tertiary/aromatic N) is 1. The molecule has 1 rings (SSSR count). The first kappa shape index (κ1) is 8.02. The Hall–Kier alpha value is -0.0800. The van der Waals surface area contributed by atoms with E-state index in [4.69, 9.17) is 0 Å². The minimum Gasteiger partial charge on any atom is -0.317 e. The third-order valence-corrected chi connectivity index (χ3v) is 2.45. The molecule has 2 nitrogen and oxygen atoms in total. The molecule has 0 spiro atoms. The zero-order chi connectivity index (χ0) is 7.56. The highest BCUT2D eigenvalue weighted by Gasteiger charge is 2.30. The van der Waals surface area contributed by atoms with Gasteiger partial charge < -0.3 is 10.2 Å². The molecule has 1 aliphatic heterocycles. The lowest BCUT2D eigenvalue weighted by Crippen LogP contribution is -2.26. The molecule has 1 fully saturated rings. The monoisotopic (exact) mass is 142 g/mol. The normalized spacial score (nSPS) is 33.9. The van der Waals surface area contributed by atoms with E-state index < -0.39 is 0 Å². The summed E-state index contributed by atoms with van der Waals surface area (Å²) in [6.07, 6.45) is 2.57. The van der Waals surface area contributed by atoms with E-state index >= 15 is 0 Å². The highest BCUT2D eigenvalue weighted by atomic mass is 15.3. The summed E-state index contributed by atoms with van der Waals surface area (Å²) in [5.74, 6) is 0. The average molecular weight is 142 g/mol. The summed E-state index contributed by atoms with van der Waals surface area (Å²) in [4.78, 5) is 2.39. The highest BCUT2D eigenvalue weighted by molar-refractivity contribution is 4.88. The van der Waals surface area contributed by atoms with Gasteiger partial charge >= 0.3 is 0 Å². The zero-order valence-electron chi connectivity index (χ0n) is 7.22. The maximum absolute atomic E-state index is 3.32. The third kappa shape index (κ3) is 1.96. The second-order valence-corrected chi connectivity index (χ2v) is 3.22. The van der Waals surface area contributed by atoms with Crippen molar-refractivity contribution in [3.05, 3.63) is 0 Å². The second-order valence-electron chi connectivity index (χ2n) is 3.22. The van der Waals surface area contributed by atoms with Crippen LogP contribution in [0.15, 0.2) is 0 Å². The lowest BCUT2D eigenvalue weighted by Gasteiger charge is -2.12. The predicted octanol–water partition coefficient (Wildman–Crippen LogP) is 0.688. The summed E-state index contributed by atoms with van der Waals surface area (Å²) in [7, 11) is 4.24. The van der Waals surface area contributed by atoms with Gasteiger partial charge in [0.2, 0.25) is 0 Å². The predicted molar refractivity (Wildman–Crippen MR) is 44.2 cm³/mol. The number of hydrogen-bond donors (Lipinski definition) is 1. The van der Waals surface area contributed by atoms with Crippen molar-refractivity contribution in [3.8, 4) is 0 Å².